The first-order valence-electron chi connectivity index (χ1n) is 7.94. The molecule has 0 saturated heterocycles. The molecule has 26 heavy (non-hydrogen) atoms. The van der Waals surface area contributed by atoms with Gasteiger partial charge in [-0.05, 0) is 36.6 Å². The van der Waals surface area contributed by atoms with Gasteiger partial charge in [-0.25, -0.2) is 4.98 Å². The molecule has 1 heterocycles. The maximum Gasteiger partial charge on any atom is 0.274 e. The van der Waals surface area contributed by atoms with Crippen molar-refractivity contribution in [1.82, 2.24) is 14.9 Å². The van der Waals surface area contributed by atoms with Crippen molar-refractivity contribution in [3.05, 3.63) is 72.1 Å². The molecule has 2 N–H and O–H groups in total. The van der Waals surface area contributed by atoms with Crippen molar-refractivity contribution in [1.29, 1.82) is 0 Å². The second-order valence-electron chi connectivity index (χ2n) is 5.42. The zero-order chi connectivity index (χ0) is 18.5. The van der Waals surface area contributed by atoms with Gasteiger partial charge in [0.15, 0.2) is 5.16 Å². The molecule has 0 bridgehead atoms. The van der Waals surface area contributed by atoms with E-state index in [1.54, 1.807) is 37.5 Å². The Labute approximate surface area is 155 Å². The fraction of sp³-hybridized carbons (Fsp3) is 0.105. The van der Waals surface area contributed by atoms with Crippen LogP contribution in [0.3, 0.4) is 0 Å². The summed E-state index contributed by atoms with van der Waals surface area (Å²) in [7, 11) is 1.57. The van der Waals surface area contributed by atoms with E-state index >= 15 is 0 Å². The van der Waals surface area contributed by atoms with E-state index in [0.29, 0.717) is 16.9 Å². The number of para-hydroxylation sites is 1. The predicted molar refractivity (Wildman–Crippen MR) is 103 cm³/mol. The third kappa shape index (κ3) is 3.62. The molecule has 0 saturated carbocycles. The highest BCUT2D eigenvalue weighted by atomic mass is 32.2. The van der Waals surface area contributed by atoms with Crippen LogP contribution in [0.4, 0.5) is 5.69 Å². The molecule has 0 aliphatic rings. The van der Waals surface area contributed by atoms with Crippen LogP contribution in [0.2, 0.25) is 0 Å². The summed E-state index contributed by atoms with van der Waals surface area (Å²) in [5, 5.41) is 6.13. The van der Waals surface area contributed by atoms with Crippen LogP contribution in [0.1, 0.15) is 20.8 Å². The van der Waals surface area contributed by atoms with E-state index in [1.807, 2.05) is 41.2 Å². The minimum atomic E-state index is -0.296. The Bertz CT molecular complexity index is 938. The van der Waals surface area contributed by atoms with Gasteiger partial charge in [-0.1, -0.05) is 36.0 Å². The van der Waals surface area contributed by atoms with Gasteiger partial charge in [0, 0.05) is 24.0 Å². The second-order valence-corrected chi connectivity index (χ2v) is 6.19. The molecule has 1 aromatic heterocycles. The summed E-state index contributed by atoms with van der Waals surface area (Å²) in [4.78, 5) is 28.9. The number of amides is 2. The number of nitrogens with zero attached hydrogens (tertiary/aromatic N) is 2. The molecule has 0 radical (unpaired) electrons. The van der Waals surface area contributed by atoms with Crippen molar-refractivity contribution in [3.63, 3.8) is 0 Å². The minimum Gasteiger partial charge on any atom is -0.355 e. The molecule has 132 valence electrons. The Morgan fingerprint density at radius 1 is 1.04 bits per heavy atom. The van der Waals surface area contributed by atoms with Gasteiger partial charge in [0.25, 0.3) is 11.8 Å². The normalized spacial score (nSPS) is 10.4. The average molecular weight is 366 g/mol. The molecule has 0 aliphatic carbocycles. The quantitative estimate of drug-likeness (QED) is 0.680. The van der Waals surface area contributed by atoms with Crippen LogP contribution in [0.15, 0.2) is 66.0 Å². The third-order valence-electron chi connectivity index (χ3n) is 3.77. The van der Waals surface area contributed by atoms with Gasteiger partial charge in [-0.2, -0.15) is 0 Å². The fourth-order valence-corrected chi connectivity index (χ4v) is 3.09. The number of hydrogen-bond donors (Lipinski definition) is 2. The topological polar surface area (TPSA) is 76.0 Å². The van der Waals surface area contributed by atoms with Gasteiger partial charge in [0.2, 0.25) is 0 Å². The van der Waals surface area contributed by atoms with Crippen molar-refractivity contribution in [2.45, 2.75) is 5.16 Å². The average Bonchev–Trinajstić information content (AvgIpc) is 3.12. The van der Waals surface area contributed by atoms with Crippen LogP contribution < -0.4 is 10.6 Å². The maximum atomic E-state index is 12.8. The van der Waals surface area contributed by atoms with E-state index in [9.17, 15) is 9.59 Å². The standard InChI is InChI=1S/C19H18N4O2S/c1-20-17(24)13-7-6-8-14(11-13)22-18(25)16-12-21-19(26-2)23(16)15-9-4-3-5-10-15/h3-12H,1-2H3,(H,20,24)(H,22,25). The highest BCUT2D eigenvalue weighted by Gasteiger charge is 2.18. The first-order valence-corrected chi connectivity index (χ1v) is 9.17. The summed E-state index contributed by atoms with van der Waals surface area (Å²) in [5.41, 5.74) is 2.30. The molecular formula is C19H18N4O2S. The Balaban J connectivity index is 1.92. The van der Waals surface area contributed by atoms with Crippen LogP contribution in [-0.2, 0) is 0 Å². The summed E-state index contributed by atoms with van der Waals surface area (Å²) < 4.78 is 1.81. The van der Waals surface area contributed by atoms with E-state index < -0.39 is 0 Å². The molecule has 0 spiro atoms. The molecule has 0 aliphatic heterocycles. The molecule has 3 rings (SSSR count). The third-order valence-corrected chi connectivity index (χ3v) is 4.42. The first kappa shape index (κ1) is 17.8. The SMILES string of the molecule is CNC(=O)c1cccc(NC(=O)c2cnc(SC)n2-c2ccccc2)c1. The van der Waals surface area contributed by atoms with Crippen molar-refractivity contribution < 1.29 is 9.59 Å². The van der Waals surface area contributed by atoms with E-state index in [-0.39, 0.29) is 11.8 Å². The number of imidazole rings is 1. The van der Waals surface area contributed by atoms with Crippen LogP contribution in [0.25, 0.3) is 5.69 Å². The summed E-state index contributed by atoms with van der Waals surface area (Å²) in [6.45, 7) is 0. The number of hydrogen-bond acceptors (Lipinski definition) is 4. The van der Waals surface area contributed by atoms with Crippen LogP contribution in [-0.4, -0.2) is 34.7 Å². The molecule has 6 nitrogen and oxygen atoms in total. The molecule has 2 amide bonds. The van der Waals surface area contributed by atoms with Crippen molar-refractivity contribution in [2.24, 2.45) is 0 Å². The molecule has 7 heteroatoms. The Kier molecular flexibility index (Phi) is 5.38. The van der Waals surface area contributed by atoms with Gasteiger partial charge in [0.05, 0.1) is 6.20 Å². The van der Waals surface area contributed by atoms with Gasteiger partial charge >= 0.3 is 0 Å². The van der Waals surface area contributed by atoms with Crippen LogP contribution in [0.5, 0.6) is 0 Å². The van der Waals surface area contributed by atoms with Crippen LogP contribution in [0, 0.1) is 0 Å². The first-order chi connectivity index (χ1) is 12.6. The molecule has 2 aromatic carbocycles. The molecular weight excluding hydrogens is 348 g/mol. The minimum absolute atomic E-state index is 0.208. The number of aromatic nitrogens is 2. The van der Waals surface area contributed by atoms with E-state index in [0.717, 1.165) is 10.8 Å². The number of rotatable bonds is 5. The van der Waals surface area contributed by atoms with Gasteiger partial charge in [-0.3, -0.25) is 14.2 Å². The lowest BCUT2D eigenvalue weighted by Crippen LogP contribution is -2.19. The zero-order valence-electron chi connectivity index (χ0n) is 14.4. The van der Waals surface area contributed by atoms with Crippen molar-refractivity contribution in [2.75, 3.05) is 18.6 Å². The number of carbonyl (C=O) groups excluding carboxylic acids is 2. The largest absolute Gasteiger partial charge is 0.355 e. The Morgan fingerprint density at radius 3 is 2.50 bits per heavy atom. The highest BCUT2D eigenvalue weighted by molar-refractivity contribution is 7.98. The van der Waals surface area contributed by atoms with Crippen LogP contribution >= 0.6 is 11.8 Å². The van der Waals surface area contributed by atoms with Crippen molar-refractivity contribution in [3.8, 4) is 5.69 Å². The lowest BCUT2D eigenvalue weighted by Gasteiger charge is -2.11. The Hall–Kier alpha value is -3.06. The summed E-state index contributed by atoms with van der Waals surface area (Å²) >= 11 is 1.46. The van der Waals surface area contributed by atoms with Gasteiger partial charge < -0.3 is 10.6 Å². The summed E-state index contributed by atoms with van der Waals surface area (Å²) in [5.74, 6) is -0.504. The highest BCUT2D eigenvalue weighted by Crippen LogP contribution is 2.22. The predicted octanol–water partition coefficient (Wildman–Crippen LogP) is 3.21. The van der Waals surface area contributed by atoms with Crippen molar-refractivity contribution >= 4 is 29.3 Å². The van der Waals surface area contributed by atoms with E-state index in [4.69, 9.17) is 0 Å². The number of anilines is 1. The number of carbonyl (C=O) groups is 2. The lowest BCUT2D eigenvalue weighted by atomic mass is 10.2. The summed E-state index contributed by atoms with van der Waals surface area (Å²) in [6.07, 6.45) is 3.47. The molecule has 0 atom stereocenters. The number of benzene rings is 2. The van der Waals surface area contributed by atoms with Gasteiger partial charge in [-0.15, -0.1) is 0 Å². The number of nitrogens with one attached hydrogen (secondary N) is 2. The Morgan fingerprint density at radius 2 is 1.81 bits per heavy atom. The smallest absolute Gasteiger partial charge is 0.274 e. The fourth-order valence-electron chi connectivity index (χ4n) is 2.54. The molecule has 3 aromatic rings. The van der Waals surface area contributed by atoms with E-state index in [1.165, 1.54) is 11.8 Å². The van der Waals surface area contributed by atoms with E-state index in [2.05, 4.69) is 15.6 Å². The number of thioether (sulfide) groups is 1. The second kappa shape index (κ2) is 7.88. The monoisotopic (exact) mass is 366 g/mol. The maximum absolute atomic E-state index is 12.8. The van der Waals surface area contributed by atoms with Gasteiger partial charge in [0.1, 0.15) is 5.69 Å². The molecule has 0 fully saturated rings. The summed E-state index contributed by atoms with van der Waals surface area (Å²) in [6, 6.07) is 16.4. The molecule has 0 unspecified atom stereocenters. The zero-order valence-corrected chi connectivity index (χ0v) is 15.2. The lowest BCUT2D eigenvalue weighted by molar-refractivity contribution is 0.0961.